The first kappa shape index (κ1) is 25.8. The Hall–Kier alpha value is -5.67. The van der Waals surface area contributed by atoms with Crippen molar-refractivity contribution in [3.8, 4) is 33.8 Å². The molecule has 7 aromatic rings. The Kier molecular flexibility index (Phi) is 5.85. The molecule has 45 heavy (non-hydrogen) atoms. The molecule has 0 spiro atoms. The van der Waals surface area contributed by atoms with E-state index in [0.29, 0.717) is 0 Å². The summed E-state index contributed by atoms with van der Waals surface area (Å²) >= 11 is 0. The van der Waals surface area contributed by atoms with Crippen molar-refractivity contribution in [1.82, 2.24) is 15.0 Å². The molecule has 0 aliphatic heterocycles. The highest BCUT2D eigenvalue weighted by Gasteiger charge is 2.50. The largest absolute Gasteiger partial charge is 0.264 e. The van der Waals surface area contributed by atoms with Crippen LogP contribution in [0.3, 0.4) is 0 Å². The number of hydrogen-bond donors (Lipinski definition) is 0. The van der Waals surface area contributed by atoms with Crippen molar-refractivity contribution in [2.24, 2.45) is 5.92 Å². The molecule has 0 fully saturated rings. The third-order valence-corrected chi connectivity index (χ3v) is 9.63. The minimum Gasteiger partial charge on any atom is -0.264 e. The van der Waals surface area contributed by atoms with Gasteiger partial charge in [0.25, 0.3) is 0 Å². The van der Waals surface area contributed by atoms with Gasteiger partial charge in [-0.2, -0.15) is 0 Å². The van der Waals surface area contributed by atoms with E-state index in [-0.39, 0.29) is 5.92 Å². The number of para-hydroxylation sites is 1. The standard InChI is InChI=1S/C42H29N3/c1-3-13-29(14-4-1)40-35-19-9-10-20-38(35)44-41(45-40)30-21-23-34-37(26-30)42(31-15-5-2-6-16-31,32-17-11-25-43-27-32)36-24-22-28-12-7-8-18-33(28)39(34)36/h1-15,17-27,31H,16H2. The Morgan fingerprint density at radius 3 is 2.33 bits per heavy atom. The van der Waals surface area contributed by atoms with Crippen molar-refractivity contribution in [2.45, 2.75) is 11.8 Å². The van der Waals surface area contributed by atoms with Crippen LogP contribution in [0.2, 0.25) is 0 Å². The minimum atomic E-state index is -0.431. The van der Waals surface area contributed by atoms with Crippen LogP contribution in [0.4, 0.5) is 0 Å². The molecule has 3 nitrogen and oxygen atoms in total. The predicted octanol–water partition coefficient (Wildman–Crippen LogP) is 9.96. The van der Waals surface area contributed by atoms with E-state index >= 15 is 0 Å². The molecule has 2 aliphatic rings. The smallest absolute Gasteiger partial charge is 0.160 e. The molecule has 212 valence electrons. The van der Waals surface area contributed by atoms with Crippen LogP contribution in [-0.2, 0) is 5.41 Å². The van der Waals surface area contributed by atoms with Crippen LogP contribution >= 0.6 is 0 Å². The lowest BCUT2D eigenvalue weighted by molar-refractivity contribution is 0.456. The molecule has 2 aliphatic carbocycles. The zero-order chi connectivity index (χ0) is 29.8. The lowest BCUT2D eigenvalue weighted by Crippen LogP contribution is -2.35. The average Bonchev–Trinajstić information content (AvgIpc) is 3.43. The Balaban J connectivity index is 1.36. The first-order valence-corrected chi connectivity index (χ1v) is 15.6. The molecule has 0 saturated carbocycles. The van der Waals surface area contributed by atoms with Crippen LogP contribution in [0.1, 0.15) is 23.1 Å². The van der Waals surface area contributed by atoms with E-state index in [2.05, 4.69) is 151 Å². The van der Waals surface area contributed by atoms with Gasteiger partial charge in [-0.3, -0.25) is 4.98 Å². The molecule has 3 heteroatoms. The summed E-state index contributed by atoms with van der Waals surface area (Å²) in [6.45, 7) is 0. The van der Waals surface area contributed by atoms with Gasteiger partial charge in [-0.15, -0.1) is 0 Å². The van der Waals surface area contributed by atoms with E-state index < -0.39 is 5.41 Å². The Bertz CT molecular complexity index is 2300. The fourth-order valence-corrected chi connectivity index (χ4v) is 7.71. The summed E-state index contributed by atoms with van der Waals surface area (Å²) in [5, 5.41) is 3.58. The van der Waals surface area contributed by atoms with Crippen molar-refractivity contribution in [1.29, 1.82) is 0 Å². The van der Waals surface area contributed by atoms with Gasteiger partial charge in [-0.25, -0.2) is 9.97 Å². The highest BCUT2D eigenvalue weighted by Crippen LogP contribution is 2.59. The molecule has 2 heterocycles. The zero-order valence-electron chi connectivity index (χ0n) is 24.6. The summed E-state index contributed by atoms with van der Waals surface area (Å²) in [6.07, 6.45) is 13.9. The van der Waals surface area contributed by atoms with E-state index in [0.717, 1.165) is 40.0 Å². The third kappa shape index (κ3) is 3.87. The number of rotatable bonds is 4. The average molecular weight is 576 g/mol. The van der Waals surface area contributed by atoms with Crippen LogP contribution in [0.15, 0.2) is 158 Å². The molecule has 9 rings (SSSR count). The number of fused-ring (bicyclic) bond motifs is 6. The second-order valence-electron chi connectivity index (χ2n) is 12.0. The van der Waals surface area contributed by atoms with Crippen LogP contribution in [0.25, 0.3) is 55.4 Å². The van der Waals surface area contributed by atoms with Crippen molar-refractivity contribution < 1.29 is 0 Å². The van der Waals surface area contributed by atoms with Gasteiger partial charge in [0.15, 0.2) is 5.82 Å². The molecule has 0 saturated heterocycles. The normalized spacial score (nSPS) is 18.3. The lowest BCUT2D eigenvalue weighted by atomic mass is 9.62. The van der Waals surface area contributed by atoms with Gasteiger partial charge in [0.1, 0.15) is 0 Å². The van der Waals surface area contributed by atoms with Gasteiger partial charge in [-0.05, 0) is 69.1 Å². The van der Waals surface area contributed by atoms with Gasteiger partial charge in [0, 0.05) is 28.9 Å². The van der Waals surface area contributed by atoms with E-state index in [4.69, 9.17) is 9.97 Å². The number of aromatic nitrogens is 3. The van der Waals surface area contributed by atoms with Gasteiger partial charge < -0.3 is 0 Å². The molecule has 5 aromatic carbocycles. The van der Waals surface area contributed by atoms with Crippen LogP contribution in [0.5, 0.6) is 0 Å². The molecule has 0 radical (unpaired) electrons. The van der Waals surface area contributed by atoms with Crippen molar-refractivity contribution in [2.75, 3.05) is 0 Å². The Morgan fingerprint density at radius 1 is 0.644 bits per heavy atom. The number of nitrogens with zero attached hydrogens (tertiary/aromatic N) is 3. The molecule has 0 amide bonds. The Labute approximate surface area is 262 Å². The molecular weight excluding hydrogens is 546 g/mol. The molecule has 2 aromatic heterocycles. The molecule has 0 N–H and O–H groups in total. The number of pyridine rings is 1. The lowest BCUT2D eigenvalue weighted by Gasteiger charge is -2.39. The summed E-state index contributed by atoms with van der Waals surface area (Å²) in [6, 6.07) is 43.3. The fourth-order valence-electron chi connectivity index (χ4n) is 7.71. The van der Waals surface area contributed by atoms with E-state index in [1.807, 2.05) is 12.3 Å². The van der Waals surface area contributed by atoms with Crippen molar-refractivity contribution in [3.63, 3.8) is 0 Å². The predicted molar refractivity (Wildman–Crippen MR) is 184 cm³/mol. The highest BCUT2D eigenvalue weighted by atomic mass is 14.9. The number of allylic oxidation sites excluding steroid dienone is 4. The second kappa shape index (κ2) is 10.2. The number of benzene rings is 5. The monoisotopic (exact) mass is 575 g/mol. The van der Waals surface area contributed by atoms with E-state index in [1.165, 1.54) is 38.6 Å². The van der Waals surface area contributed by atoms with Crippen molar-refractivity contribution in [3.05, 3.63) is 175 Å². The maximum absolute atomic E-state index is 5.25. The first-order chi connectivity index (χ1) is 22.3. The maximum Gasteiger partial charge on any atom is 0.160 e. The molecule has 2 atom stereocenters. The maximum atomic E-state index is 5.25. The van der Waals surface area contributed by atoms with Crippen LogP contribution in [0, 0.1) is 5.92 Å². The first-order valence-electron chi connectivity index (χ1n) is 15.6. The second-order valence-corrected chi connectivity index (χ2v) is 12.0. The quantitative estimate of drug-likeness (QED) is 0.210. The molecule has 0 bridgehead atoms. The SMILES string of the molecule is C1=CCC(C2(c3cccnc3)c3cc(-c4nc(-c5ccccc5)c5ccccc5n4)ccc3-c3c2ccc2ccccc32)C=C1. The highest BCUT2D eigenvalue weighted by molar-refractivity contribution is 6.04. The van der Waals surface area contributed by atoms with E-state index in [9.17, 15) is 0 Å². The van der Waals surface area contributed by atoms with Gasteiger partial charge in [-0.1, -0.05) is 127 Å². The topological polar surface area (TPSA) is 38.7 Å². The number of hydrogen-bond acceptors (Lipinski definition) is 3. The third-order valence-electron chi connectivity index (χ3n) is 9.63. The fraction of sp³-hybridized carbons (Fsp3) is 0.0714. The van der Waals surface area contributed by atoms with Gasteiger partial charge in [0.05, 0.1) is 16.6 Å². The summed E-state index contributed by atoms with van der Waals surface area (Å²) in [5.41, 5.74) is 9.94. The summed E-state index contributed by atoms with van der Waals surface area (Å²) in [7, 11) is 0. The Morgan fingerprint density at radius 2 is 1.49 bits per heavy atom. The summed E-state index contributed by atoms with van der Waals surface area (Å²) < 4.78 is 0. The molecular formula is C42H29N3. The van der Waals surface area contributed by atoms with Gasteiger partial charge >= 0.3 is 0 Å². The summed E-state index contributed by atoms with van der Waals surface area (Å²) in [5.74, 6) is 0.941. The minimum absolute atomic E-state index is 0.209. The molecule has 2 unspecified atom stereocenters. The van der Waals surface area contributed by atoms with Crippen LogP contribution < -0.4 is 0 Å². The van der Waals surface area contributed by atoms with Crippen molar-refractivity contribution >= 4 is 21.7 Å². The van der Waals surface area contributed by atoms with Crippen LogP contribution in [-0.4, -0.2) is 15.0 Å². The zero-order valence-corrected chi connectivity index (χ0v) is 24.6. The summed E-state index contributed by atoms with van der Waals surface area (Å²) in [4.78, 5) is 15.1. The van der Waals surface area contributed by atoms with E-state index in [1.54, 1.807) is 0 Å². The van der Waals surface area contributed by atoms with Gasteiger partial charge in [0.2, 0.25) is 0 Å².